The van der Waals surface area contributed by atoms with Crippen LogP contribution >= 0.6 is 11.8 Å². The van der Waals surface area contributed by atoms with E-state index in [9.17, 15) is 4.79 Å². The van der Waals surface area contributed by atoms with Crippen molar-refractivity contribution in [3.8, 4) is 11.4 Å². The van der Waals surface area contributed by atoms with Gasteiger partial charge in [-0.3, -0.25) is 10.2 Å². The van der Waals surface area contributed by atoms with Gasteiger partial charge in [0, 0.05) is 6.92 Å². The van der Waals surface area contributed by atoms with Crippen molar-refractivity contribution in [1.29, 1.82) is 0 Å². The molecule has 1 N–H and O–H groups in total. The number of ether oxygens (including phenoxy) is 1. The van der Waals surface area contributed by atoms with Gasteiger partial charge < -0.3 is 4.74 Å². The summed E-state index contributed by atoms with van der Waals surface area (Å²) >= 11 is 1.09. The topological polar surface area (TPSA) is 94.3 Å². The van der Waals surface area contributed by atoms with Crippen LogP contribution in [0.4, 0.5) is 5.69 Å². The minimum absolute atomic E-state index is 0.196. The number of tetrazole rings is 1. The van der Waals surface area contributed by atoms with Gasteiger partial charge in [-0.1, -0.05) is 18.2 Å². The molecule has 26 heavy (non-hydrogen) atoms. The maximum Gasteiger partial charge on any atom is 0.220 e. The number of hydrogen-bond acceptors (Lipinski definition) is 8. The molecule has 9 heteroatoms. The number of ketones is 1. The van der Waals surface area contributed by atoms with Gasteiger partial charge in [-0.25, -0.2) is 0 Å². The molecule has 0 saturated carbocycles. The maximum absolute atomic E-state index is 12.0. The van der Waals surface area contributed by atoms with Crippen LogP contribution in [0.5, 0.6) is 5.75 Å². The van der Waals surface area contributed by atoms with Crippen molar-refractivity contribution in [2.24, 2.45) is 5.10 Å². The number of hydrazone groups is 1. The molecular formula is C17H16N6O2S. The number of hydrogen-bond donors (Lipinski definition) is 1. The molecule has 1 aromatic heterocycles. The highest BCUT2D eigenvalue weighted by atomic mass is 32.2. The molecule has 132 valence electrons. The molecule has 3 aromatic rings. The average molecular weight is 368 g/mol. The first kappa shape index (κ1) is 17.6. The Morgan fingerprint density at radius 3 is 2.54 bits per heavy atom. The van der Waals surface area contributed by atoms with E-state index in [0.717, 1.165) is 28.9 Å². The number of methoxy groups -OCH3 is 1. The maximum atomic E-state index is 12.0. The van der Waals surface area contributed by atoms with Crippen LogP contribution in [-0.4, -0.2) is 38.1 Å². The van der Waals surface area contributed by atoms with Crippen LogP contribution in [0.3, 0.4) is 0 Å². The molecule has 0 unspecified atom stereocenters. The van der Waals surface area contributed by atoms with Crippen LogP contribution in [0.15, 0.2) is 64.9 Å². The van der Waals surface area contributed by atoms with Crippen molar-refractivity contribution in [2.45, 2.75) is 12.1 Å². The summed E-state index contributed by atoms with van der Waals surface area (Å²) < 4.78 is 6.66. The Morgan fingerprint density at radius 1 is 1.15 bits per heavy atom. The Labute approximate surface area is 154 Å². The van der Waals surface area contributed by atoms with Crippen molar-refractivity contribution in [2.75, 3.05) is 12.5 Å². The number of benzene rings is 2. The van der Waals surface area contributed by atoms with E-state index < -0.39 is 0 Å². The molecule has 0 saturated heterocycles. The van der Waals surface area contributed by atoms with E-state index in [0.29, 0.717) is 5.16 Å². The summed E-state index contributed by atoms with van der Waals surface area (Å²) in [5, 5.41) is 16.5. The summed E-state index contributed by atoms with van der Waals surface area (Å²) in [6, 6.07) is 16.6. The van der Waals surface area contributed by atoms with Gasteiger partial charge in [0.15, 0.2) is 10.8 Å². The summed E-state index contributed by atoms with van der Waals surface area (Å²) in [4.78, 5) is 12.0. The monoisotopic (exact) mass is 368 g/mol. The van der Waals surface area contributed by atoms with Gasteiger partial charge in [-0.2, -0.15) is 9.78 Å². The highest BCUT2D eigenvalue weighted by Crippen LogP contribution is 2.21. The highest BCUT2D eigenvalue weighted by molar-refractivity contribution is 8.15. The number of anilines is 1. The standard InChI is InChI=1S/C17H16N6O2S/c1-12(24)16(19-18-13-8-10-15(25-2)11-9-13)26-17-20-21-22-23(17)14-6-4-3-5-7-14/h3-11,18H,1-2H3/b19-16-. The van der Waals surface area contributed by atoms with Crippen LogP contribution in [-0.2, 0) is 4.79 Å². The molecule has 0 bridgehead atoms. The molecule has 0 aliphatic carbocycles. The molecule has 2 aromatic carbocycles. The lowest BCUT2D eigenvalue weighted by Crippen LogP contribution is -2.10. The summed E-state index contributed by atoms with van der Waals surface area (Å²) in [7, 11) is 1.60. The predicted molar refractivity (Wildman–Crippen MR) is 99.7 cm³/mol. The highest BCUT2D eigenvalue weighted by Gasteiger charge is 2.16. The fourth-order valence-electron chi connectivity index (χ4n) is 2.01. The van der Waals surface area contributed by atoms with Gasteiger partial charge >= 0.3 is 0 Å². The lowest BCUT2D eigenvalue weighted by molar-refractivity contribution is -0.110. The van der Waals surface area contributed by atoms with Gasteiger partial charge in [-0.15, -0.1) is 5.10 Å². The third kappa shape index (κ3) is 4.25. The number of rotatable bonds is 6. The Bertz CT molecular complexity index is 909. The molecule has 0 radical (unpaired) electrons. The normalized spacial score (nSPS) is 11.2. The molecule has 1 heterocycles. The fourth-order valence-corrected chi connectivity index (χ4v) is 2.73. The van der Waals surface area contributed by atoms with E-state index in [4.69, 9.17) is 4.74 Å². The molecule has 0 aliphatic rings. The second kappa shape index (κ2) is 8.26. The lowest BCUT2D eigenvalue weighted by Gasteiger charge is -2.06. The van der Waals surface area contributed by atoms with Crippen LogP contribution in [0.1, 0.15) is 6.92 Å². The second-order valence-corrected chi connectivity index (χ2v) is 6.08. The van der Waals surface area contributed by atoms with Gasteiger partial charge in [0.25, 0.3) is 0 Å². The van der Waals surface area contributed by atoms with Gasteiger partial charge in [-0.05, 0) is 58.6 Å². The number of Topliss-reactive ketones (excluding diaryl/α,β-unsaturated/α-hetero) is 1. The first-order valence-corrected chi connectivity index (χ1v) is 8.49. The summed E-state index contributed by atoms with van der Waals surface area (Å²) in [5.74, 6) is 0.543. The number of carbonyl (C=O) groups excluding carboxylic acids is 1. The first-order chi connectivity index (χ1) is 12.7. The third-order valence-corrected chi connectivity index (χ3v) is 4.32. The minimum Gasteiger partial charge on any atom is -0.497 e. The van der Waals surface area contributed by atoms with Gasteiger partial charge in [0.05, 0.1) is 18.5 Å². The van der Waals surface area contributed by atoms with Crippen LogP contribution in [0.2, 0.25) is 0 Å². The molecule has 8 nitrogen and oxygen atoms in total. The zero-order valence-electron chi connectivity index (χ0n) is 14.2. The van der Waals surface area contributed by atoms with Crippen molar-refractivity contribution in [3.63, 3.8) is 0 Å². The fraction of sp³-hybridized carbons (Fsp3) is 0.118. The van der Waals surface area contributed by atoms with Crippen LogP contribution in [0.25, 0.3) is 5.69 Å². The van der Waals surface area contributed by atoms with Crippen LogP contribution in [0, 0.1) is 0 Å². The van der Waals surface area contributed by atoms with E-state index in [1.54, 1.807) is 36.1 Å². The third-order valence-electron chi connectivity index (χ3n) is 3.31. The second-order valence-electron chi connectivity index (χ2n) is 5.12. The van der Waals surface area contributed by atoms with Crippen LogP contribution < -0.4 is 10.2 Å². The molecule has 0 fully saturated rings. The smallest absolute Gasteiger partial charge is 0.220 e. The first-order valence-electron chi connectivity index (χ1n) is 7.67. The number of thioether (sulfide) groups is 1. The van der Waals surface area contributed by atoms with Gasteiger partial charge in [0.1, 0.15) is 5.75 Å². The molecule has 0 aliphatic heterocycles. The number of nitrogens with zero attached hydrogens (tertiary/aromatic N) is 5. The largest absolute Gasteiger partial charge is 0.497 e. The zero-order chi connectivity index (χ0) is 18.4. The Kier molecular flexibility index (Phi) is 5.59. The van der Waals surface area contributed by atoms with Crippen molar-refractivity contribution in [1.82, 2.24) is 20.2 Å². The Balaban J connectivity index is 1.79. The molecule has 0 spiro atoms. The summed E-state index contributed by atoms with van der Waals surface area (Å²) in [6.07, 6.45) is 0. The van der Waals surface area contributed by atoms with Crippen molar-refractivity contribution >= 4 is 28.3 Å². The quantitative estimate of drug-likeness (QED) is 0.309. The number of aromatic nitrogens is 4. The molecule has 0 amide bonds. The van der Waals surface area contributed by atoms with Crippen molar-refractivity contribution in [3.05, 3.63) is 54.6 Å². The lowest BCUT2D eigenvalue weighted by atomic mass is 10.3. The Morgan fingerprint density at radius 2 is 1.88 bits per heavy atom. The molecular weight excluding hydrogens is 352 g/mol. The van der Waals surface area contributed by atoms with E-state index in [1.807, 2.05) is 30.3 Å². The summed E-state index contributed by atoms with van der Waals surface area (Å²) in [6.45, 7) is 1.44. The minimum atomic E-state index is -0.196. The van der Waals surface area contributed by atoms with Crippen molar-refractivity contribution < 1.29 is 9.53 Å². The molecule has 3 rings (SSSR count). The van der Waals surface area contributed by atoms with E-state index >= 15 is 0 Å². The zero-order valence-corrected chi connectivity index (χ0v) is 15.0. The number of nitrogens with one attached hydrogen (secondary N) is 1. The molecule has 0 atom stereocenters. The Hall–Kier alpha value is -3.20. The number of para-hydroxylation sites is 1. The summed E-state index contributed by atoms with van der Waals surface area (Å²) in [5.41, 5.74) is 4.39. The SMILES string of the molecule is COc1ccc(N/N=C(\Sc2nnnn2-c2ccccc2)C(C)=O)cc1. The average Bonchev–Trinajstić information content (AvgIpc) is 3.14. The van der Waals surface area contributed by atoms with E-state index in [2.05, 4.69) is 26.1 Å². The predicted octanol–water partition coefficient (Wildman–Crippen LogP) is 2.78. The number of carbonyl (C=O) groups is 1. The van der Waals surface area contributed by atoms with Gasteiger partial charge in [0.2, 0.25) is 5.16 Å². The van der Waals surface area contributed by atoms with E-state index in [-0.39, 0.29) is 10.8 Å². The van der Waals surface area contributed by atoms with E-state index in [1.165, 1.54) is 6.92 Å².